The molecular weight excluding hydrogens is 434 g/mol. The average molecular weight is 455 g/mol. The fourth-order valence-corrected chi connectivity index (χ4v) is 5.02. The number of fused-ring (bicyclic) bond motifs is 1. The molecular formula is C23H21NO7S. The van der Waals surface area contributed by atoms with Gasteiger partial charge in [0.05, 0.1) is 23.8 Å². The Kier molecular flexibility index (Phi) is 6.11. The molecule has 32 heavy (non-hydrogen) atoms. The van der Waals surface area contributed by atoms with Crippen LogP contribution >= 0.6 is 0 Å². The highest BCUT2D eigenvalue weighted by atomic mass is 32.2. The Hall–Kier alpha value is -3.43. The van der Waals surface area contributed by atoms with Gasteiger partial charge in [-0.1, -0.05) is 30.3 Å². The van der Waals surface area contributed by atoms with E-state index in [2.05, 4.69) is 4.74 Å². The van der Waals surface area contributed by atoms with Crippen LogP contribution in [0.5, 0.6) is 0 Å². The van der Waals surface area contributed by atoms with Gasteiger partial charge in [-0.15, -0.1) is 0 Å². The summed E-state index contributed by atoms with van der Waals surface area (Å²) >= 11 is 0. The molecule has 2 heterocycles. The molecule has 9 heteroatoms. The first kappa shape index (κ1) is 21.8. The zero-order valence-electron chi connectivity index (χ0n) is 17.3. The van der Waals surface area contributed by atoms with Gasteiger partial charge in [0, 0.05) is 18.7 Å². The Morgan fingerprint density at radius 1 is 1.03 bits per heavy atom. The molecule has 4 rings (SSSR count). The summed E-state index contributed by atoms with van der Waals surface area (Å²) in [5, 5.41) is 0. The minimum absolute atomic E-state index is 0.0184. The molecule has 166 valence electrons. The number of carbonyl (C=O) groups is 2. The molecule has 3 aromatic rings. The number of carbonyl (C=O) groups excluding carboxylic acids is 2. The third kappa shape index (κ3) is 4.30. The second kappa shape index (κ2) is 8.97. The lowest BCUT2D eigenvalue weighted by atomic mass is 10.0. The van der Waals surface area contributed by atoms with E-state index < -0.39 is 22.0 Å². The summed E-state index contributed by atoms with van der Waals surface area (Å²) in [4.78, 5) is 24.2. The number of hydrogen-bond donors (Lipinski definition) is 0. The van der Waals surface area contributed by atoms with Crippen molar-refractivity contribution in [3.8, 4) is 0 Å². The molecule has 0 atom stereocenters. The van der Waals surface area contributed by atoms with Crippen LogP contribution in [0, 0.1) is 0 Å². The van der Waals surface area contributed by atoms with Crippen LogP contribution in [0.25, 0.3) is 0 Å². The van der Waals surface area contributed by atoms with Gasteiger partial charge in [-0.05, 0) is 41.8 Å². The van der Waals surface area contributed by atoms with Crippen molar-refractivity contribution in [2.75, 3.05) is 13.7 Å². The number of benzene rings is 2. The summed E-state index contributed by atoms with van der Waals surface area (Å²) in [5.74, 6) is -1.46. The molecule has 1 aromatic heterocycles. The molecule has 8 nitrogen and oxygen atoms in total. The maximum Gasteiger partial charge on any atom is 0.374 e. The Bertz CT molecular complexity index is 1260. The summed E-state index contributed by atoms with van der Waals surface area (Å²) in [7, 11) is -2.58. The van der Waals surface area contributed by atoms with Crippen LogP contribution in [0.15, 0.2) is 70.2 Å². The minimum Gasteiger partial charge on any atom is -0.463 e. The summed E-state index contributed by atoms with van der Waals surface area (Å²) in [6.07, 6.45) is 1.92. The van der Waals surface area contributed by atoms with Gasteiger partial charge in [-0.2, -0.15) is 4.31 Å². The van der Waals surface area contributed by atoms with Crippen LogP contribution < -0.4 is 0 Å². The largest absolute Gasteiger partial charge is 0.463 e. The van der Waals surface area contributed by atoms with Crippen molar-refractivity contribution in [2.24, 2.45) is 0 Å². The fraction of sp³-hybridized carbons (Fsp3) is 0.217. The average Bonchev–Trinajstić information content (AvgIpc) is 3.30. The highest BCUT2D eigenvalue weighted by Gasteiger charge is 2.29. The monoisotopic (exact) mass is 455 g/mol. The predicted octanol–water partition coefficient (Wildman–Crippen LogP) is 3.17. The SMILES string of the molecule is COC(=O)c1occc1COC(=O)c1cccc(S(=O)(=O)N2CCc3ccccc3C2)c1. The minimum atomic E-state index is -3.79. The van der Waals surface area contributed by atoms with Crippen molar-refractivity contribution in [3.63, 3.8) is 0 Å². The van der Waals surface area contributed by atoms with Crippen molar-refractivity contribution in [3.05, 3.63) is 88.9 Å². The quantitative estimate of drug-likeness (QED) is 0.526. The first-order valence-corrected chi connectivity index (χ1v) is 11.3. The first-order valence-electron chi connectivity index (χ1n) is 9.89. The zero-order valence-corrected chi connectivity index (χ0v) is 18.1. The lowest BCUT2D eigenvalue weighted by molar-refractivity contribution is 0.0453. The predicted molar refractivity (Wildman–Crippen MR) is 113 cm³/mol. The molecule has 0 unspecified atom stereocenters. The molecule has 0 aliphatic carbocycles. The number of ether oxygens (including phenoxy) is 2. The summed E-state index contributed by atoms with van der Waals surface area (Å²) < 4.78 is 42.7. The van der Waals surface area contributed by atoms with Crippen LogP contribution in [0.2, 0.25) is 0 Å². The number of sulfonamides is 1. The normalized spacial score (nSPS) is 13.9. The van der Waals surface area contributed by atoms with Gasteiger partial charge in [0.2, 0.25) is 15.8 Å². The van der Waals surface area contributed by atoms with Gasteiger partial charge in [0.25, 0.3) is 0 Å². The Morgan fingerprint density at radius 3 is 2.59 bits per heavy atom. The topological polar surface area (TPSA) is 103 Å². The van der Waals surface area contributed by atoms with E-state index in [9.17, 15) is 18.0 Å². The van der Waals surface area contributed by atoms with Crippen LogP contribution in [0.4, 0.5) is 0 Å². The van der Waals surface area contributed by atoms with Crippen LogP contribution in [0.3, 0.4) is 0 Å². The Balaban J connectivity index is 1.49. The number of furan rings is 1. The van der Waals surface area contributed by atoms with Crippen molar-refractivity contribution >= 4 is 22.0 Å². The summed E-state index contributed by atoms with van der Waals surface area (Å²) in [6, 6.07) is 15.0. The summed E-state index contributed by atoms with van der Waals surface area (Å²) in [6.45, 7) is 0.425. The molecule has 0 bridgehead atoms. The maximum absolute atomic E-state index is 13.2. The standard InChI is InChI=1S/C23H21NO7S/c1-29-23(26)21-19(10-12-30-21)15-31-22(25)17-7-4-8-20(13-17)32(27,28)24-11-9-16-5-2-3-6-18(16)14-24/h2-8,10,12-13H,9,11,14-15H2,1H3. The lowest BCUT2D eigenvalue weighted by Crippen LogP contribution is -2.36. The Labute approximate surface area is 185 Å². The smallest absolute Gasteiger partial charge is 0.374 e. The van der Waals surface area contributed by atoms with E-state index >= 15 is 0 Å². The van der Waals surface area contributed by atoms with Crippen molar-refractivity contribution in [1.29, 1.82) is 0 Å². The zero-order chi connectivity index (χ0) is 22.7. The number of esters is 2. The molecule has 0 amide bonds. The maximum atomic E-state index is 13.2. The molecule has 2 aromatic carbocycles. The van der Waals surface area contributed by atoms with Crippen LogP contribution in [-0.4, -0.2) is 38.3 Å². The fourth-order valence-electron chi connectivity index (χ4n) is 3.56. The van der Waals surface area contributed by atoms with E-state index in [1.807, 2.05) is 24.3 Å². The van der Waals surface area contributed by atoms with E-state index in [-0.39, 0.29) is 29.4 Å². The second-order valence-electron chi connectivity index (χ2n) is 7.23. The molecule has 1 aliphatic heterocycles. The van der Waals surface area contributed by atoms with Crippen molar-refractivity contribution < 1.29 is 31.9 Å². The highest BCUT2D eigenvalue weighted by Crippen LogP contribution is 2.25. The van der Waals surface area contributed by atoms with E-state index in [4.69, 9.17) is 9.15 Å². The summed E-state index contributed by atoms with van der Waals surface area (Å²) in [5.41, 5.74) is 2.55. The number of methoxy groups -OCH3 is 1. The first-order chi connectivity index (χ1) is 15.4. The molecule has 1 aliphatic rings. The molecule has 0 radical (unpaired) electrons. The molecule has 0 fully saturated rings. The van der Waals surface area contributed by atoms with Crippen LogP contribution in [0.1, 0.15) is 37.6 Å². The van der Waals surface area contributed by atoms with Crippen molar-refractivity contribution in [1.82, 2.24) is 4.31 Å². The number of nitrogens with zero attached hydrogens (tertiary/aromatic N) is 1. The highest BCUT2D eigenvalue weighted by molar-refractivity contribution is 7.89. The molecule has 0 spiro atoms. The third-order valence-electron chi connectivity index (χ3n) is 5.28. The molecule has 0 N–H and O–H groups in total. The van der Waals surface area contributed by atoms with Gasteiger partial charge in [-0.25, -0.2) is 18.0 Å². The van der Waals surface area contributed by atoms with Crippen molar-refractivity contribution in [2.45, 2.75) is 24.5 Å². The number of hydrogen-bond acceptors (Lipinski definition) is 7. The van der Waals surface area contributed by atoms with Gasteiger partial charge in [-0.3, -0.25) is 0 Å². The van der Waals surface area contributed by atoms with E-state index in [1.165, 1.54) is 48.0 Å². The van der Waals surface area contributed by atoms with E-state index in [0.717, 1.165) is 11.1 Å². The number of rotatable bonds is 6. The molecule has 0 saturated carbocycles. The van der Waals surface area contributed by atoms with E-state index in [1.54, 1.807) is 0 Å². The van der Waals surface area contributed by atoms with Gasteiger partial charge in [0.1, 0.15) is 6.61 Å². The second-order valence-corrected chi connectivity index (χ2v) is 9.17. The lowest BCUT2D eigenvalue weighted by Gasteiger charge is -2.28. The van der Waals surface area contributed by atoms with Gasteiger partial charge >= 0.3 is 11.9 Å². The van der Waals surface area contributed by atoms with Crippen LogP contribution in [-0.2, 0) is 39.1 Å². The van der Waals surface area contributed by atoms with Gasteiger partial charge < -0.3 is 13.9 Å². The van der Waals surface area contributed by atoms with Gasteiger partial charge in [0.15, 0.2) is 0 Å². The third-order valence-corrected chi connectivity index (χ3v) is 7.12. The molecule has 0 saturated heterocycles. The van der Waals surface area contributed by atoms with E-state index in [0.29, 0.717) is 18.5 Å². The Morgan fingerprint density at radius 2 is 1.81 bits per heavy atom.